The van der Waals surface area contributed by atoms with E-state index in [4.69, 9.17) is 0 Å². The van der Waals surface area contributed by atoms with Crippen LogP contribution in [0.3, 0.4) is 0 Å². The SMILES string of the molecule is CC(C)C(C)NC(=O)c1cc(S(=O)(=O)NC(C)C(C)C)c[nH]1. The summed E-state index contributed by atoms with van der Waals surface area (Å²) in [7, 11) is -3.62. The normalized spacial score (nSPS) is 15.1. The zero-order chi connectivity index (χ0) is 17.1. The van der Waals surface area contributed by atoms with Crippen LogP contribution in [0.1, 0.15) is 52.0 Å². The maximum atomic E-state index is 12.3. The molecule has 0 aliphatic heterocycles. The van der Waals surface area contributed by atoms with Gasteiger partial charge in [0.25, 0.3) is 5.91 Å². The van der Waals surface area contributed by atoms with Gasteiger partial charge in [0.1, 0.15) is 10.6 Å². The van der Waals surface area contributed by atoms with Crippen molar-refractivity contribution >= 4 is 15.9 Å². The maximum absolute atomic E-state index is 12.3. The molecule has 0 fully saturated rings. The van der Waals surface area contributed by atoms with E-state index in [1.807, 2.05) is 41.5 Å². The average Bonchev–Trinajstić information content (AvgIpc) is 2.88. The van der Waals surface area contributed by atoms with E-state index in [0.717, 1.165) is 0 Å². The Bertz CT molecular complexity index is 605. The monoisotopic (exact) mass is 329 g/mol. The molecule has 0 bridgehead atoms. The Morgan fingerprint density at radius 1 is 1.05 bits per heavy atom. The van der Waals surface area contributed by atoms with Crippen molar-refractivity contribution in [1.82, 2.24) is 15.0 Å². The van der Waals surface area contributed by atoms with Gasteiger partial charge in [-0.15, -0.1) is 0 Å². The molecule has 0 radical (unpaired) electrons. The molecule has 1 heterocycles. The van der Waals surface area contributed by atoms with Crippen LogP contribution in [-0.4, -0.2) is 31.4 Å². The van der Waals surface area contributed by atoms with Crippen molar-refractivity contribution in [1.29, 1.82) is 0 Å². The van der Waals surface area contributed by atoms with Crippen LogP contribution in [0.4, 0.5) is 0 Å². The lowest BCUT2D eigenvalue weighted by atomic mass is 10.1. The van der Waals surface area contributed by atoms with Crippen molar-refractivity contribution < 1.29 is 13.2 Å². The summed E-state index contributed by atoms with van der Waals surface area (Å²) in [4.78, 5) is 14.9. The second kappa shape index (κ2) is 7.28. The summed E-state index contributed by atoms with van der Waals surface area (Å²) in [6.07, 6.45) is 1.34. The molecule has 1 aromatic rings. The number of aromatic nitrogens is 1. The zero-order valence-electron chi connectivity index (χ0n) is 14.1. The van der Waals surface area contributed by atoms with E-state index in [0.29, 0.717) is 5.92 Å². The van der Waals surface area contributed by atoms with Crippen molar-refractivity contribution in [2.24, 2.45) is 11.8 Å². The first-order valence-corrected chi connectivity index (χ1v) is 9.04. The number of hydrogen-bond donors (Lipinski definition) is 3. The minimum atomic E-state index is -3.62. The van der Waals surface area contributed by atoms with Crippen molar-refractivity contribution in [3.63, 3.8) is 0 Å². The first-order valence-electron chi connectivity index (χ1n) is 7.56. The lowest BCUT2D eigenvalue weighted by molar-refractivity contribution is 0.0926. The van der Waals surface area contributed by atoms with Gasteiger partial charge in [0.2, 0.25) is 10.0 Å². The van der Waals surface area contributed by atoms with Gasteiger partial charge in [-0.05, 0) is 31.7 Å². The number of aromatic amines is 1. The lowest BCUT2D eigenvalue weighted by Crippen LogP contribution is -2.36. The number of H-pyrrole nitrogens is 1. The molecular weight excluding hydrogens is 302 g/mol. The largest absolute Gasteiger partial charge is 0.356 e. The molecule has 0 spiro atoms. The molecule has 0 aliphatic carbocycles. The van der Waals surface area contributed by atoms with Crippen LogP contribution in [-0.2, 0) is 10.0 Å². The third-order valence-electron chi connectivity index (χ3n) is 3.91. The highest BCUT2D eigenvalue weighted by Gasteiger charge is 2.22. The first kappa shape index (κ1) is 18.7. The summed E-state index contributed by atoms with van der Waals surface area (Å²) in [5.41, 5.74) is 0.241. The summed E-state index contributed by atoms with van der Waals surface area (Å²) in [5, 5.41) is 2.83. The van der Waals surface area contributed by atoms with Gasteiger partial charge < -0.3 is 10.3 Å². The molecule has 0 saturated heterocycles. The lowest BCUT2D eigenvalue weighted by Gasteiger charge is -2.17. The highest BCUT2D eigenvalue weighted by atomic mass is 32.2. The minimum absolute atomic E-state index is 0.00921. The number of nitrogens with one attached hydrogen (secondary N) is 3. The quantitative estimate of drug-likeness (QED) is 0.715. The summed E-state index contributed by atoms with van der Waals surface area (Å²) in [5.74, 6) is 0.179. The van der Waals surface area contributed by atoms with Gasteiger partial charge in [-0.1, -0.05) is 27.7 Å². The van der Waals surface area contributed by atoms with Crippen LogP contribution in [0.5, 0.6) is 0 Å². The Hall–Kier alpha value is -1.34. The van der Waals surface area contributed by atoms with E-state index in [9.17, 15) is 13.2 Å². The van der Waals surface area contributed by atoms with E-state index in [-0.39, 0.29) is 34.5 Å². The standard InChI is InChI=1S/C15H27N3O3S/c1-9(2)11(5)17-15(19)14-7-13(8-16-14)22(20,21)18-12(6)10(3)4/h7-12,16,18H,1-6H3,(H,17,19). The number of hydrogen-bond acceptors (Lipinski definition) is 3. The van der Waals surface area contributed by atoms with Crippen molar-refractivity contribution in [2.45, 2.75) is 58.5 Å². The summed E-state index contributed by atoms with van der Waals surface area (Å²) < 4.78 is 27.1. The second-order valence-corrected chi connectivity index (χ2v) is 8.12. The van der Waals surface area contributed by atoms with E-state index in [2.05, 4.69) is 15.0 Å². The summed E-state index contributed by atoms with van der Waals surface area (Å²) in [6, 6.07) is 1.19. The van der Waals surface area contributed by atoms with Crippen LogP contribution in [0.2, 0.25) is 0 Å². The van der Waals surface area contributed by atoms with Crippen molar-refractivity contribution in [3.05, 3.63) is 18.0 Å². The average molecular weight is 329 g/mol. The third-order valence-corrected chi connectivity index (χ3v) is 5.45. The first-order chi connectivity index (χ1) is 10.0. The van der Waals surface area contributed by atoms with Crippen molar-refractivity contribution in [3.8, 4) is 0 Å². The number of sulfonamides is 1. The van der Waals surface area contributed by atoms with Gasteiger partial charge >= 0.3 is 0 Å². The Morgan fingerprint density at radius 2 is 1.59 bits per heavy atom. The molecule has 22 heavy (non-hydrogen) atoms. The van der Waals surface area contributed by atoms with Gasteiger partial charge in [0, 0.05) is 18.3 Å². The molecule has 2 atom stereocenters. The molecule has 3 N–H and O–H groups in total. The van der Waals surface area contributed by atoms with Gasteiger partial charge in [-0.3, -0.25) is 4.79 Å². The molecule has 0 aliphatic rings. The van der Waals surface area contributed by atoms with Gasteiger partial charge in [0.15, 0.2) is 0 Å². The van der Waals surface area contributed by atoms with Crippen LogP contribution < -0.4 is 10.0 Å². The Morgan fingerprint density at radius 3 is 2.09 bits per heavy atom. The van der Waals surface area contributed by atoms with E-state index in [1.54, 1.807) is 0 Å². The van der Waals surface area contributed by atoms with E-state index >= 15 is 0 Å². The fourth-order valence-electron chi connectivity index (χ4n) is 1.56. The topological polar surface area (TPSA) is 91.1 Å². The smallest absolute Gasteiger partial charge is 0.267 e. The molecule has 6 nitrogen and oxygen atoms in total. The fraction of sp³-hybridized carbons (Fsp3) is 0.667. The molecule has 0 saturated carbocycles. The zero-order valence-corrected chi connectivity index (χ0v) is 14.9. The van der Waals surface area contributed by atoms with Gasteiger partial charge in [0.05, 0.1) is 0 Å². The minimum Gasteiger partial charge on any atom is -0.356 e. The fourth-order valence-corrected chi connectivity index (χ4v) is 2.95. The number of carbonyl (C=O) groups excluding carboxylic acids is 1. The Kier molecular flexibility index (Phi) is 6.19. The molecule has 1 aromatic heterocycles. The Labute approximate surface area is 133 Å². The maximum Gasteiger partial charge on any atom is 0.267 e. The molecule has 1 amide bonds. The molecule has 2 unspecified atom stereocenters. The molecule has 126 valence electrons. The van der Waals surface area contributed by atoms with E-state index < -0.39 is 10.0 Å². The number of amides is 1. The summed E-state index contributed by atoms with van der Waals surface area (Å²) in [6.45, 7) is 11.6. The van der Waals surface area contributed by atoms with Crippen molar-refractivity contribution in [2.75, 3.05) is 0 Å². The Balaban J connectivity index is 2.85. The predicted octanol–water partition coefficient (Wildman–Crippen LogP) is 2.11. The van der Waals surface area contributed by atoms with Gasteiger partial charge in [-0.2, -0.15) is 0 Å². The number of carbonyl (C=O) groups is 1. The molecule has 7 heteroatoms. The molecule has 0 aromatic carbocycles. The summed E-state index contributed by atoms with van der Waals surface area (Å²) >= 11 is 0. The van der Waals surface area contributed by atoms with Crippen LogP contribution in [0, 0.1) is 11.8 Å². The molecule has 1 rings (SSSR count). The third kappa shape index (κ3) is 4.84. The number of rotatable bonds is 7. The highest BCUT2D eigenvalue weighted by molar-refractivity contribution is 7.89. The second-order valence-electron chi connectivity index (χ2n) is 6.41. The molecular formula is C15H27N3O3S. The van der Waals surface area contributed by atoms with Crippen LogP contribution in [0.25, 0.3) is 0 Å². The van der Waals surface area contributed by atoms with Gasteiger partial charge in [-0.25, -0.2) is 13.1 Å². The highest BCUT2D eigenvalue weighted by Crippen LogP contribution is 2.13. The predicted molar refractivity (Wildman–Crippen MR) is 87.2 cm³/mol. The van der Waals surface area contributed by atoms with Crippen LogP contribution >= 0.6 is 0 Å². The van der Waals surface area contributed by atoms with Crippen LogP contribution in [0.15, 0.2) is 17.2 Å². The van der Waals surface area contributed by atoms with E-state index in [1.165, 1.54) is 12.3 Å².